The summed E-state index contributed by atoms with van der Waals surface area (Å²) in [5.41, 5.74) is 1.18. The monoisotopic (exact) mass is 254 g/mol. The van der Waals surface area contributed by atoms with Gasteiger partial charge in [-0.05, 0) is 25.7 Å². The molecule has 1 spiro atoms. The SMILES string of the molecule is ClCc1cn(CC2CCC3(CCCC3)O2)cn1. The lowest BCUT2D eigenvalue weighted by molar-refractivity contribution is -0.0418. The van der Waals surface area contributed by atoms with Crippen LogP contribution in [0, 0.1) is 0 Å². The molecule has 17 heavy (non-hydrogen) atoms. The molecule has 1 saturated carbocycles. The van der Waals surface area contributed by atoms with Gasteiger partial charge in [0.2, 0.25) is 0 Å². The van der Waals surface area contributed by atoms with Crippen LogP contribution in [0.1, 0.15) is 44.2 Å². The molecule has 1 aromatic rings. The van der Waals surface area contributed by atoms with Crippen LogP contribution in [0.2, 0.25) is 0 Å². The molecule has 1 atom stereocenters. The van der Waals surface area contributed by atoms with Crippen molar-refractivity contribution in [3.63, 3.8) is 0 Å². The van der Waals surface area contributed by atoms with Crippen molar-refractivity contribution in [2.24, 2.45) is 0 Å². The van der Waals surface area contributed by atoms with Crippen LogP contribution in [-0.2, 0) is 17.2 Å². The van der Waals surface area contributed by atoms with Gasteiger partial charge in [-0.1, -0.05) is 12.8 Å². The first-order valence-corrected chi connectivity index (χ1v) is 7.08. The zero-order valence-electron chi connectivity index (χ0n) is 10.1. The zero-order valence-corrected chi connectivity index (χ0v) is 10.8. The summed E-state index contributed by atoms with van der Waals surface area (Å²) in [6, 6.07) is 0. The first-order valence-electron chi connectivity index (χ1n) is 6.54. The Labute approximate surface area is 107 Å². The van der Waals surface area contributed by atoms with E-state index in [1.807, 2.05) is 12.5 Å². The molecule has 0 N–H and O–H groups in total. The van der Waals surface area contributed by atoms with E-state index < -0.39 is 0 Å². The van der Waals surface area contributed by atoms with E-state index in [0.717, 1.165) is 12.2 Å². The molecule has 94 valence electrons. The van der Waals surface area contributed by atoms with Crippen LogP contribution >= 0.6 is 11.6 Å². The Balaban J connectivity index is 1.59. The van der Waals surface area contributed by atoms with E-state index in [1.54, 1.807) is 0 Å². The van der Waals surface area contributed by atoms with Gasteiger partial charge in [0.15, 0.2) is 0 Å². The zero-order chi connectivity index (χ0) is 11.7. The summed E-state index contributed by atoms with van der Waals surface area (Å²) < 4.78 is 8.38. The maximum atomic E-state index is 6.28. The smallest absolute Gasteiger partial charge is 0.0950 e. The fourth-order valence-electron chi connectivity index (χ4n) is 3.22. The lowest BCUT2D eigenvalue weighted by Gasteiger charge is -2.23. The summed E-state index contributed by atoms with van der Waals surface area (Å²) in [5, 5.41) is 0. The standard InChI is InChI=1S/C13H19ClN2O/c14-7-11-8-16(10-15-11)9-12-3-6-13(17-12)4-1-2-5-13/h8,10,12H,1-7,9H2. The molecule has 2 fully saturated rings. The fourth-order valence-corrected chi connectivity index (χ4v) is 3.36. The van der Waals surface area contributed by atoms with Crippen LogP contribution in [0.15, 0.2) is 12.5 Å². The summed E-state index contributed by atoms with van der Waals surface area (Å²) in [4.78, 5) is 4.24. The van der Waals surface area contributed by atoms with E-state index in [-0.39, 0.29) is 5.60 Å². The predicted octanol–water partition coefficient (Wildman–Crippen LogP) is 3.11. The molecule has 3 nitrogen and oxygen atoms in total. The highest BCUT2D eigenvalue weighted by molar-refractivity contribution is 6.16. The number of ether oxygens (including phenoxy) is 1. The average Bonchev–Trinajstić information content (AvgIpc) is 3.03. The van der Waals surface area contributed by atoms with Crippen molar-refractivity contribution >= 4 is 11.6 Å². The molecule has 4 heteroatoms. The Kier molecular flexibility index (Phi) is 3.14. The molecule has 1 saturated heterocycles. The average molecular weight is 255 g/mol. The highest BCUT2D eigenvalue weighted by Gasteiger charge is 2.42. The van der Waals surface area contributed by atoms with Crippen LogP contribution in [-0.4, -0.2) is 21.3 Å². The third-order valence-electron chi connectivity index (χ3n) is 4.09. The number of aromatic nitrogens is 2. The van der Waals surface area contributed by atoms with E-state index in [1.165, 1.54) is 38.5 Å². The highest BCUT2D eigenvalue weighted by atomic mass is 35.5. The van der Waals surface area contributed by atoms with Gasteiger partial charge >= 0.3 is 0 Å². The third kappa shape index (κ3) is 2.36. The van der Waals surface area contributed by atoms with Gasteiger partial charge in [0, 0.05) is 12.7 Å². The van der Waals surface area contributed by atoms with Crippen LogP contribution in [0.5, 0.6) is 0 Å². The molecular weight excluding hydrogens is 236 g/mol. The molecule has 1 aliphatic heterocycles. The number of alkyl halides is 1. The van der Waals surface area contributed by atoms with Crippen molar-refractivity contribution in [3.8, 4) is 0 Å². The quantitative estimate of drug-likeness (QED) is 0.775. The minimum Gasteiger partial charge on any atom is -0.370 e. The Bertz CT molecular complexity index is 385. The summed E-state index contributed by atoms with van der Waals surface area (Å²) in [6.45, 7) is 0.922. The fraction of sp³-hybridized carbons (Fsp3) is 0.769. The molecule has 3 rings (SSSR count). The summed E-state index contributed by atoms with van der Waals surface area (Å²) >= 11 is 5.75. The van der Waals surface area contributed by atoms with Crippen molar-refractivity contribution in [2.75, 3.05) is 0 Å². The van der Waals surface area contributed by atoms with Gasteiger partial charge in [-0.15, -0.1) is 11.6 Å². The van der Waals surface area contributed by atoms with Gasteiger partial charge in [-0.25, -0.2) is 4.98 Å². The van der Waals surface area contributed by atoms with E-state index in [0.29, 0.717) is 12.0 Å². The maximum absolute atomic E-state index is 6.28. The van der Waals surface area contributed by atoms with Crippen LogP contribution in [0.25, 0.3) is 0 Å². The molecule has 0 bridgehead atoms. The number of hydrogen-bond acceptors (Lipinski definition) is 2. The molecular formula is C13H19ClN2O. The molecule has 1 aromatic heterocycles. The second kappa shape index (κ2) is 4.62. The van der Waals surface area contributed by atoms with Gasteiger partial charge < -0.3 is 9.30 Å². The van der Waals surface area contributed by atoms with Crippen LogP contribution in [0.4, 0.5) is 0 Å². The number of nitrogens with zero attached hydrogens (tertiary/aromatic N) is 2. The molecule has 1 unspecified atom stereocenters. The Morgan fingerprint density at radius 1 is 1.41 bits per heavy atom. The Hall–Kier alpha value is -0.540. The highest BCUT2D eigenvalue weighted by Crippen LogP contribution is 2.43. The summed E-state index contributed by atoms with van der Waals surface area (Å²) in [7, 11) is 0. The normalized spacial score (nSPS) is 27.0. The topological polar surface area (TPSA) is 27.1 Å². The predicted molar refractivity (Wildman–Crippen MR) is 67.1 cm³/mol. The van der Waals surface area contributed by atoms with Crippen molar-refractivity contribution in [1.82, 2.24) is 9.55 Å². The van der Waals surface area contributed by atoms with Crippen LogP contribution in [0.3, 0.4) is 0 Å². The number of imidazole rings is 1. The van der Waals surface area contributed by atoms with Crippen molar-refractivity contribution < 1.29 is 4.74 Å². The maximum Gasteiger partial charge on any atom is 0.0950 e. The third-order valence-corrected chi connectivity index (χ3v) is 4.37. The van der Waals surface area contributed by atoms with Gasteiger partial charge in [0.25, 0.3) is 0 Å². The summed E-state index contributed by atoms with van der Waals surface area (Å²) in [6.07, 6.45) is 11.9. The molecule has 0 aromatic carbocycles. The second-order valence-corrected chi connectivity index (χ2v) is 5.63. The number of rotatable bonds is 3. The van der Waals surface area contributed by atoms with E-state index in [4.69, 9.17) is 16.3 Å². The lowest BCUT2D eigenvalue weighted by Crippen LogP contribution is -2.26. The van der Waals surface area contributed by atoms with Gasteiger partial charge in [0.05, 0.1) is 29.6 Å². The first-order chi connectivity index (χ1) is 8.30. The molecule has 2 heterocycles. The minimum absolute atomic E-state index is 0.237. The second-order valence-electron chi connectivity index (χ2n) is 5.36. The van der Waals surface area contributed by atoms with Crippen LogP contribution < -0.4 is 0 Å². The van der Waals surface area contributed by atoms with Gasteiger partial charge in [-0.3, -0.25) is 0 Å². The number of halogens is 1. The van der Waals surface area contributed by atoms with E-state index in [2.05, 4.69) is 9.55 Å². The van der Waals surface area contributed by atoms with E-state index >= 15 is 0 Å². The van der Waals surface area contributed by atoms with Crippen molar-refractivity contribution in [3.05, 3.63) is 18.2 Å². The molecule has 2 aliphatic rings. The summed E-state index contributed by atoms with van der Waals surface area (Å²) in [5.74, 6) is 0.489. The largest absolute Gasteiger partial charge is 0.370 e. The van der Waals surface area contributed by atoms with E-state index in [9.17, 15) is 0 Å². The molecule has 0 amide bonds. The molecule has 0 radical (unpaired) electrons. The van der Waals surface area contributed by atoms with Gasteiger partial charge in [0.1, 0.15) is 0 Å². The Morgan fingerprint density at radius 3 is 2.94 bits per heavy atom. The molecule has 1 aliphatic carbocycles. The lowest BCUT2D eigenvalue weighted by atomic mass is 9.98. The Morgan fingerprint density at radius 2 is 2.24 bits per heavy atom. The van der Waals surface area contributed by atoms with Crippen molar-refractivity contribution in [1.29, 1.82) is 0 Å². The van der Waals surface area contributed by atoms with Gasteiger partial charge in [-0.2, -0.15) is 0 Å². The minimum atomic E-state index is 0.237. The number of hydrogen-bond donors (Lipinski definition) is 0. The van der Waals surface area contributed by atoms with Crippen molar-refractivity contribution in [2.45, 2.75) is 62.7 Å². The first kappa shape index (κ1) is 11.5.